The minimum absolute atomic E-state index is 0.00708. The van der Waals surface area contributed by atoms with Crippen molar-refractivity contribution in [3.05, 3.63) is 42.1 Å². The Morgan fingerprint density at radius 1 is 1.24 bits per heavy atom. The fourth-order valence-electron chi connectivity index (χ4n) is 4.45. The number of hydrogen-bond acceptors (Lipinski definition) is 7. The predicted octanol–water partition coefficient (Wildman–Crippen LogP) is 3.37. The van der Waals surface area contributed by atoms with Crippen molar-refractivity contribution in [2.75, 3.05) is 20.8 Å². The number of methoxy groups -OCH3 is 2. The van der Waals surface area contributed by atoms with Crippen LogP contribution < -0.4 is 15.4 Å². The summed E-state index contributed by atoms with van der Waals surface area (Å²) in [6, 6.07) is 6.09. The smallest absolute Gasteiger partial charge is 0.325 e. The molecule has 0 saturated carbocycles. The molecule has 0 spiro atoms. The van der Waals surface area contributed by atoms with E-state index < -0.39 is 17.9 Å². The number of hydrogen-bond donors (Lipinski definition) is 3. The minimum atomic E-state index is -0.549. The number of phenolic OH excluding ortho intramolecular Hbond substituents is 1. The largest absolute Gasteiger partial charge is 0.507 e. The Labute approximate surface area is 217 Å². The van der Waals surface area contributed by atoms with Crippen molar-refractivity contribution in [3.63, 3.8) is 0 Å². The Balaban J connectivity index is 1.89. The molecular weight excluding hydrogens is 476 g/mol. The summed E-state index contributed by atoms with van der Waals surface area (Å²) >= 11 is 0. The molecule has 1 aromatic heterocycles. The van der Waals surface area contributed by atoms with Gasteiger partial charge in [-0.1, -0.05) is 32.1 Å². The molecule has 0 saturated heterocycles. The number of amides is 2. The second kappa shape index (κ2) is 12.9. The molecule has 1 heterocycles. The Kier molecular flexibility index (Phi) is 9.71. The average Bonchev–Trinajstić information content (AvgIpc) is 3.32. The van der Waals surface area contributed by atoms with Crippen LogP contribution in [0.5, 0.6) is 11.5 Å². The van der Waals surface area contributed by atoms with Gasteiger partial charge in [-0.15, -0.1) is 0 Å². The Hall–Kier alpha value is -3.82. The van der Waals surface area contributed by atoms with Crippen LogP contribution >= 0.6 is 0 Å². The van der Waals surface area contributed by atoms with E-state index in [4.69, 9.17) is 4.74 Å². The van der Waals surface area contributed by atoms with Gasteiger partial charge >= 0.3 is 5.97 Å². The highest BCUT2D eigenvalue weighted by Crippen LogP contribution is 2.40. The molecule has 0 aliphatic heterocycles. The third-order valence-corrected chi connectivity index (χ3v) is 6.17. The molecule has 0 radical (unpaired) electrons. The molecule has 10 heteroatoms. The highest BCUT2D eigenvalue weighted by molar-refractivity contribution is 5.94. The monoisotopic (exact) mass is 512 g/mol. The molecule has 1 aliphatic carbocycles. The quantitative estimate of drug-likeness (QED) is 0.311. The van der Waals surface area contributed by atoms with Gasteiger partial charge in [0.05, 0.1) is 31.5 Å². The third kappa shape index (κ3) is 7.34. The highest BCUT2D eigenvalue weighted by Gasteiger charge is 2.26. The molecule has 1 unspecified atom stereocenters. The zero-order chi connectivity index (χ0) is 26.9. The minimum Gasteiger partial charge on any atom is -0.507 e. The maximum atomic E-state index is 13.3. The van der Waals surface area contributed by atoms with Gasteiger partial charge < -0.3 is 25.2 Å². The molecule has 3 N–H and O–H groups in total. The fourth-order valence-corrected chi connectivity index (χ4v) is 4.45. The lowest BCUT2D eigenvalue weighted by atomic mass is 10.0. The second-order valence-corrected chi connectivity index (χ2v) is 9.50. The number of esters is 1. The van der Waals surface area contributed by atoms with Gasteiger partial charge in [-0.2, -0.15) is 5.10 Å². The first-order valence-corrected chi connectivity index (χ1v) is 12.5. The maximum Gasteiger partial charge on any atom is 0.325 e. The lowest BCUT2D eigenvalue weighted by Crippen LogP contribution is -2.41. The standard InChI is InChI=1S/C27H36N4O6/c1-17(2)13-18(14-24(33)28-16-25(34)37-4)29-27(35)20-15-21(26-22(32)11-8-12-23(26)36-3)31(30-20)19-9-6-5-7-10-19/h6,8-9,11-12,15,17-19,32H,5,7,10,13-14,16H2,1-4H3,(H,28,33)(H,29,35)/t18-,19?/m0/s1. The number of phenols is 1. The number of aromatic nitrogens is 2. The Morgan fingerprint density at radius 2 is 2.03 bits per heavy atom. The van der Waals surface area contributed by atoms with Crippen LogP contribution in [0.3, 0.4) is 0 Å². The summed E-state index contributed by atoms with van der Waals surface area (Å²) in [5.41, 5.74) is 1.19. The van der Waals surface area contributed by atoms with Crippen molar-refractivity contribution >= 4 is 17.8 Å². The molecule has 1 aromatic carbocycles. The second-order valence-electron chi connectivity index (χ2n) is 9.50. The molecule has 10 nitrogen and oxygen atoms in total. The van der Waals surface area contributed by atoms with Crippen molar-refractivity contribution in [3.8, 4) is 22.8 Å². The van der Waals surface area contributed by atoms with Gasteiger partial charge in [-0.3, -0.25) is 19.1 Å². The molecule has 2 aromatic rings. The predicted molar refractivity (Wildman–Crippen MR) is 138 cm³/mol. The summed E-state index contributed by atoms with van der Waals surface area (Å²) in [5, 5.41) is 20.8. The molecule has 2 amide bonds. The number of nitrogens with zero attached hydrogens (tertiary/aromatic N) is 2. The zero-order valence-electron chi connectivity index (χ0n) is 21.8. The van der Waals surface area contributed by atoms with Crippen LogP contribution in [0, 0.1) is 5.92 Å². The lowest BCUT2D eigenvalue weighted by Gasteiger charge is -2.21. The number of nitrogens with one attached hydrogen (secondary N) is 2. The molecule has 200 valence electrons. The number of ether oxygens (including phenoxy) is 2. The normalized spacial score (nSPS) is 15.8. The van der Waals surface area contributed by atoms with E-state index in [0.29, 0.717) is 23.4 Å². The molecule has 0 bridgehead atoms. The summed E-state index contributed by atoms with van der Waals surface area (Å²) in [7, 11) is 2.77. The van der Waals surface area contributed by atoms with Gasteiger partial charge in [-0.05, 0) is 49.8 Å². The molecular formula is C27H36N4O6. The lowest BCUT2D eigenvalue weighted by molar-refractivity contribution is -0.141. The van der Waals surface area contributed by atoms with Crippen LogP contribution in [-0.4, -0.2) is 59.5 Å². The maximum absolute atomic E-state index is 13.3. The van der Waals surface area contributed by atoms with Gasteiger partial charge in [-0.25, -0.2) is 0 Å². The van der Waals surface area contributed by atoms with Crippen molar-refractivity contribution in [2.24, 2.45) is 5.92 Å². The molecule has 2 atom stereocenters. The highest BCUT2D eigenvalue weighted by atomic mass is 16.5. The van der Waals surface area contributed by atoms with Crippen LogP contribution in [-0.2, 0) is 14.3 Å². The molecule has 0 fully saturated rings. The first-order valence-electron chi connectivity index (χ1n) is 12.5. The van der Waals surface area contributed by atoms with E-state index in [1.165, 1.54) is 14.2 Å². The summed E-state index contributed by atoms with van der Waals surface area (Å²) in [6.45, 7) is 3.76. The topological polar surface area (TPSA) is 132 Å². The van der Waals surface area contributed by atoms with E-state index in [1.54, 1.807) is 28.9 Å². The van der Waals surface area contributed by atoms with Crippen LogP contribution in [0.4, 0.5) is 0 Å². The summed E-state index contributed by atoms with van der Waals surface area (Å²) in [5.74, 6) is -0.647. The third-order valence-electron chi connectivity index (χ3n) is 6.17. The SMILES string of the molecule is COC(=O)CNC(=O)C[C@H](CC(C)C)NC(=O)c1cc(-c2c(O)cccc2OC)n(C2C=CCCC2)n1. The van der Waals surface area contributed by atoms with E-state index >= 15 is 0 Å². The van der Waals surface area contributed by atoms with E-state index in [1.807, 2.05) is 13.8 Å². The molecule has 3 rings (SSSR count). The number of carbonyl (C=O) groups is 3. The number of aromatic hydroxyl groups is 1. The first kappa shape index (κ1) is 27.8. The van der Waals surface area contributed by atoms with E-state index in [2.05, 4.69) is 32.6 Å². The number of benzene rings is 1. The van der Waals surface area contributed by atoms with Gasteiger partial charge in [0.25, 0.3) is 5.91 Å². The van der Waals surface area contributed by atoms with Crippen LogP contribution in [0.1, 0.15) is 62.5 Å². The number of rotatable bonds is 11. The van der Waals surface area contributed by atoms with Crippen molar-refractivity contribution < 1.29 is 29.0 Å². The fraction of sp³-hybridized carbons (Fsp3) is 0.481. The average molecular weight is 513 g/mol. The van der Waals surface area contributed by atoms with Gasteiger partial charge in [0, 0.05) is 12.5 Å². The molecule has 1 aliphatic rings. The summed E-state index contributed by atoms with van der Waals surface area (Å²) in [6.07, 6.45) is 7.52. The van der Waals surface area contributed by atoms with Crippen molar-refractivity contribution in [2.45, 2.75) is 58.0 Å². The van der Waals surface area contributed by atoms with Crippen LogP contribution in [0.2, 0.25) is 0 Å². The van der Waals surface area contributed by atoms with E-state index in [-0.39, 0.29) is 42.3 Å². The number of carbonyl (C=O) groups excluding carboxylic acids is 3. The van der Waals surface area contributed by atoms with Crippen molar-refractivity contribution in [1.29, 1.82) is 0 Å². The zero-order valence-corrected chi connectivity index (χ0v) is 21.8. The van der Waals surface area contributed by atoms with Gasteiger partial charge in [0.15, 0.2) is 5.69 Å². The van der Waals surface area contributed by atoms with Crippen molar-refractivity contribution in [1.82, 2.24) is 20.4 Å². The van der Waals surface area contributed by atoms with Gasteiger partial charge in [0.1, 0.15) is 18.0 Å². The van der Waals surface area contributed by atoms with Crippen LogP contribution in [0.25, 0.3) is 11.3 Å². The van der Waals surface area contributed by atoms with Crippen LogP contribution in [0.15, 0.2) is 36.4 Å². The van der Waals surface area contributed by atoms with E-state index in [0.717, 1.165) is 19.3 Å². The van der Waals surface area contributed by atoms with Gasteiger partial charge in [0.2, 0.25) is 5.91 Å². The molecule has 37 heavy (non-hydrogen) atoms. The Bertz CT molecular complexity index is 1140. The van der Waals surface area contributed by atoms with E-state index in [9.17, 15) is 19.5 Å². The first-order chi connectivity index (χ1) is 17.7. The Morgan fingerprint density at radius 3 is 2.68 bits per heavy atom. The summed E-state index contributed by atoms with van der Waals surface area (Å²) in [4.78, 5) is 37.1. The summed E-state index contributed by atoms with van der Waals surface area (Å²) < 4.78 is 11.8. The number of allylic oxidation sites excluding steroid dienone is 2.